The third-order valence-corrected chi connectivity index (χ3v) is 7.98. The summed E-state index contributed by atoms with van der Waals surface area (Å²) in [4.78, 5) is 21.5. The Morgan fingerprint density at radius 3 is 2.79 bits per heavy atom. The van der Waals surface area contributed by atoms with Crippen LogP contribution in [0.5, 0.6) is 0 Å². The highest BCUT2D eigenvalue weighted by atomic mass is 32.1. The summed E-state index contributed by atoms with van der Waals surface area (Å²) in [5, 5.41) is 8.33. The van der Waals surface area contributed by atoms with Gasteiger partial charge < -0.3 is 4.98 Å². The van der Waals surface area contributed by atoms with E-state index >= 15 is 0 Å². The SMILES string of the molecule is Cc1ccc(-c2cccc3[nH]c(-c4[nH]nc5ncc(-c6cncc(CN7CCC(F)(F)C7)c6)cc45)nc23)s1. The number of nitrogens with one attached hydrogen (secondary N) is 2. The van der Waals surface area contributed by atoms with Crippen LogP contribution in [-0.2, 0) is 6.54 Å². The highest BCUT2D eigenvalue weighted by Gasteiger charge is 2.37. The minimum absolute atomic E-state index is 0.0970. The topological polar surface area (TPSA) is 86.4 Å². The predicted octanol–water partition coefficient (Wildman–Crippen LogP) is 6.44. The largest absolute Gasteiger partial charge is 0.337 e. The second-order valence-corrected chi connectivity index (χ2v) is 11.1. The van der Waals surface area contributed by atoms with Gasteiger partial charge in [0.05, 0.1) is 23.0 Å². The van der Waals surface area contributed by atoms with Gasteiger partial charge in [0, 0.05) is 64.5 Å². The molecule has 5 aromatic heterocycles. The molecule has 1 aromatic carbocycles. The van der Waals surface area contributed by atoms with Crippen LogP contribution in [0.1, 0.15) is 16.9 Å². The molecule has 0 amide bonds. The number of H-pyrrole nitrogens is 2. The molecule has 0 radical (unpaired) electrons. The van der Waals surface area contributed by atoms with Gasteiger partial charge in [-0.05, 0) is 42.8 Å². The Balaban J connectivity index is 1.24. The van der Waals surface area contributed by atoms with Crippen molar-refractivity contribution in [3.63, 3.8) is 0 Å². The molecule has 6 heterocycles. The minimum Gasteiger partial charge on any atom is -0.337 e. The van der Waals surface area contributed by atoms with E-state index in [0.717, 1.165) is 44.4 Å². The minimum atomic E-state index is -2.61. The van der Waals surface area contributed by atoms with Gasteiger partial charge in [0.15, 0.2) is 11.5 Å². The van der Waals surface area contributed by atoms with Crippen LogP contribution < -0.4 is 0 Å². The number of aromatic amines is 2. The molecule has 7 nitrogen and oxygen atoms in total. The number of pyridine rings is 2. The summed E-state index contributed by atoms with van der Waals surface area (Å²) in [6.45, 7) is 2.71. The number of alkyl halides is 2. The number of benzene rings is 1. The lowest BCUT2D eigenvalue weighted by Gasteiger charge is -2.15. The van der Waals surface area contributed by atoms with Crippen molar-refractivity contribution in [1.82, 2.24) is 35.0 Å². The van der Waals surface area contributed by atoms with Gasteiger partial charge >= 0.3 is 0 Å². The van der Waals surface area contributed by atoms with Gasteiger partial charge in [0.25, 0.3) is 5.92 Å². The van der Waals surface area contributed by atoms with E-state index in [9.17, 15) is 8.78 Å². The van der Waals surface area contributed by atoms with Crippen molar-refractivity contribution in [2.24, 2.45) is 0 Å². The number of para-hydroxylation sites is 1. The molecule has 38 heavy (non-hydrogen) atoms. The molecule has 0 bridgehead atoms. The molecule has 0 saturated carbocycles. The van der Waals surface area contributed by atoms with Crippen molar-refractivity contribution < 1.29 is 8.78 Å². The number of fused-ring (bicyclic) bond motifs is 2. The number of thiophene rings is 1. The fourth-order valence-corrected chi connectivity index (χ4v) is 5.99. The molecule has 1 aliphatic heterocycles. The second kappa shape index (κ2) is 8.78. The van der Waals surface area contributed by atoms with Gasteiger partial charge in [-0.1, -0.05) is 12.1 Å². The molecule has 1 fully saturated rings. The van der Waals surface area contributed by atoms with Crippen molar-refractivity contribution in [2.45, 2.75) is 25.8 Å². The predicted molar refractivity (Wildman–Crippen MR) is 145 cm³/mol. The number of likely N-dealkylation sites (tertiary alicyclic amines) is 1. The second-order valence-electron chi connectivity index (χ2n) is 9.79. The summed E-state index contributed by atoms with van der Waals surface area (Å²) < 4.78 is 27.3. The first-order valence-electron chi connectivity index (χ1n) is 12.4. The van der Waals surface area contributed by atoms with Crippen molar-refractivity contribution in [1.29, 1.82) is 0 Å². The van der Waals surface area contributed by atoms with Crippen LogP contribution in [0.25, 0.3) is 55.2 Å². The van der Waals surface area contributed by atoms with Crippen LogP contribution in [0, 0.1) is 6.92 Å². The van der Waals surface area contributed by atoms with Gasteiger partial charge in [0.1, 0.15) is 5.69 Å². The van der Waals surface area contributed by atoms with Gasteiger partial charge in [-0.3, -0.25) is 15.0 Å². The Bertz CT molecular complexity index is 1800. The molecule has 1 saturated heterocycles. The Labute approximate surface area is 220 Å². The fraction of sp³-hybridized carbons (Fsp3) is 0.214. The number of nitrogens with zero attached hydrogens (tertiary/aromatic N) is 5. The highest BCUT2D eigenvalue weighted by Crippen LogP contribution is 2.35. The van der Waals surface area contributed by atoms with E-state index in [-0.39, 0.29) is 13.0 Å². The molecule has 2 N–H and O–H groups in total. The maximum atomic E-state index is 13.6. The van der Waals surface area contributed by atoms with E-state index in [1.807, 2.05) is 24.3 Å². The fourth-order valence-electron chi connectivity index (χ4n) is 5.10. The molecule has 0 unspecified atom stereocenters. The van der Waals surface area contributed by atoms with Crippen LogP contribution in [0.15, 0.2) is 61.1 Å². The van der Waals surface area contributed by atoms with Gasteiger partial charge in [-0.2, -0.15) is 5.10 Å². The first-order chi connectivity index (χ1) is 18.4. The quantitative estimate of drug-likeness (QED) is 0.269. The molecule has 7 rings (SSSR count). The zero-order valence-electron chi connectivity index (χ0n) is 20.5. The summed E-state index contributed by atoms with van der Waals surface area (Å²) in [5.41, 5.74) is 6.90. The zero-order valence-corrected chi connectivity index (χ0v) is 21.3. The molecule has 0 atom stereocenters. The van der Waals surface area contributed by atoms with Crippen LogP contribution >= 0.6 is 11.3 Å². The Morgan fingerprint density at radius 2 is 1.97 bits per heavy atom. The third kappa shape index (κ3) is 4.15. The van der Waals surface area contributed by atoms with Crippen molar-refractivity contribution in [3.8, 4) is 33.1 Å². The average Bonchev–Trinajstić information content (AvgIpc) is 3.69. The number of aryl methyl sites for hydroxylation is 1. The maximum Gasteiger partial charge on any atom is 0.261 e. The Morgan fingerprint density at radius 1 is 1.08 bits per heavy atom. The molecular weight excluding hydrogens is 504 g/mol. The van der Waals surface area contributed by atoms with Crippen LogP contribution in [-0.4, -0.2) is 54.0 Å². The summed E-state index contributed by atoms with van der Waals surface area (Å²) in [7, 11) is 0. The Kier molecular flexibility index (Phi) is 5.34. The van der Waals surface area contributed by atoms with Gasteiger partial charge in [0.2, 0.25) is 0 Å². The van der Waals surface area contributed by atoms with Crippen LogP contribution in [0.2, 0.25) is 0 Å². The summed E-state index contributed by atoms with van der Waals surface area (Å²) >= 11 is 1.75. The lowest BCUT2D eigenvalue weighted by atomic mass is 10.1. The van der Waals surface area contributed by atoms with Crippen LogP contribution in [0.4, 0.5) is 8.78 Å². The molecule has 1 aliphatic rings. The number of imidazole rings is 1. The molecule has 0 aliphatic carbocycles. The first-order valence-corrected chi connectivity index (χ1v) is 13.2. The number of halogens is 2. The van der Waals surface area contributed by atoms with E-state index < -0.39 is 5.92 Å². The van der Waals surface area contributed by atoms with Crippen LogP contribution in [0.3, 0.4) is 0 Å². The average molecular weight is 528 g/mol. The maximum absolute atomic E-state index is 13.6. The standard InChI is InChI=1S/C28H23F2N7S/c1-16-5-6-23(38-16)20-3-2-4-22-24(20)34-27(33-22)25-21-10-19(13-32-26(21)36-35-25)18-9-17(11-31-12-18)14-37-8-7-28(29,30)15-37/h2-6,9-13H,7-8,14-15H2,1H3,(H,33,34)(H,32,35,36). The molecule has 0 spiro atoms. The van der Waals surface area contributed by atoms with Gasteiger partial charge in [-0.25, -0.2) is 18.7 Å². The smallest absolute Gasteiger partial charge is 0.261 e. The lowest BCUT2D eigenvalue weighted by molar-refractivity contribution is 0.0115. The zero-order chi connectivity index (χ0) is 25.9. The molecule has 190 valence electrons. The van der Waals surface area contributed by atoms with E-state index in [1.54, 1.807) is 34.8 Å². The van der Waals surface area contributed by atoms with Crippen molar-refractivity contribution in [2.75, 3.05) is 13.1 Å². The highest BCUT2D eigenvalue weighted by molar-refractivity contribution is 7.15. The van der Waals surface area contributed by atoms with Gasteiger partial charge in [-0.15, -0.1) is 11.3 Å². The van der Waals surface area contributed by atoms with Crippen molar-refractivity contribution >= 4 is 33.4 Å². The molecule has 10 heteroatoms. The number of hydrogen-bond acceptors (Lipinski definition) is 6. The Hall–Kier alpha value is -4.02. The third-order valence-electron chi connectivity index (χ3n) is 6.95. The number of hydrogen-bond donors (Lipinski definition) is 2. The lowest BCUT2D eigenvalue weighted by Crippen LogP contribution is -2.24. The number of rotatable bonds is 5. The van der Waals surface area contributed by atoms with E-state index in [2.05, 4.69) is 50.3 Å². The summed E-state index contributed by atoms with van der Waals surface area (Å²) in [6.07, 6.45) is 5.16. The molecular formula is C28H23F2N7S. The van der Waals surface area contributed by atoms with E-state index in [4.69, 9.17) is 4.98 Å². The van der Waals surface area contributed by atoms with E-state index in [1.165, 1.54) is 9.75 Å². The van der Waals surface area contributed by atoms with E-state index in [0.29, 0.717) is 24.6 Å². The van der Waals surface area contributed by atoms with Crippen molar-refractivity contribution in [3.05, 3.63) is 71.5 Å². The summed E-state index contributed by atoms with van der Waals surface area (Å²) in [5.74, 6) is -1.93. The monoisotopic (exact) mass is 527 g/mol. The normalized spacial score (nSPS) is 15.7. The summed E-state index contributed by atoms with van der Waals surface area (Å²) in [6, 6.07) is 14.4. The number of aromatic nitrogens is 6. The molecule has 6 aromatic rings. The first kappa shape index (κ1) is 23.1.